The zero-order valence-electron chi connectivity index (χ0n) is 11.7. The Labute approximate surface area is 114 Å². The van der Waals surface area contributed by atoms with Gasteiger partial charge in [0.15, 0.2) is 0 Å². The Hall–Kier alpha value is -1.10. The molecule has 0 aromatic carbocycles. The van der Waals surface area contributed by atoms with Crippen LogP contribution >= 0.6 is 0 Å². The maximum absolute atomic E-state index is 11.7. The first kappa shape index (κ1) is 16.0. The van der Waals surface area contributed by atoms with Gasteiger partial charge in [0.1, 0.15) is 0 Å². The highest BCUT2D eigenvalue weighted by molar-refractivity contribution is 5.76. The summed E-state index contributed by atoms with van der Waals surface area (Å²) in [6.45, 7) is 3.40. The van der Waals surface area contributed by atoms with Crippen LogP contribution in [0, 0.1) is 5.92 Å². The summed E-state index contributed by atoms with van der Waals surface area (Å²) in [5.41, 5.74) is 0. The van der Waals surface area contributed by atoms with Gasteiger partial charge in [-0.3, -0.25) is 9.59 Å². The van der Waals surface area contributed by atoms with Crippen molar-refractivity contribution in [2.75, 3.05) is 13.2 Å². The summed E-state index contributed by atoms with van der Waals surface area (Å²) in [7, 11) is 0. The minimum Gasteiger partial charge on any atom is -0.481 e. The number of carbonyl (C=O) groups excluding carboxylic acids is 1. The van der Waals surface area contributed by atoms with E-state index in [2.05, 4.69) is 5.32 Å². The second kappa shape index (κ2) is 8.91. The third kappa shape index (κ3) is 7.82. The summed E-state index contributed by atoms with van der Waals surface area (Å²) in [5.74, 6) is -0.398. The molecular formula is C14H25NO4. The standard InChI is InChI=1S/C14H25NO4/c1-11(5-6-14(17)18)7-8-15-13(16)10-12-4-2-3-9-19-12/h11-12H,2-10H2,1H3,(H,15,16)(H,17,18). The van der Waals surface area contributed by atoms with Crippen molar-refractivity contribution >= 4 is 11.9 Å². The van der Waals surface area contributed by atoms with Crippen LogP contribution in [0.25, 0.3) is 0 Å². The SMILES string of the molecule is CC(CCNC(=O)CC1CCCCO1)CCC(=O)O. The average molecular weight is 271 g/mol. The van der Waals surface area contributed by atoms with Crippen LogP contribution in [0.4, 0.5) is 0 Å². The summed E-state index contributed by atoms with van der Waals surface area (Å²) >= 11 is 0. The lowest BCUT2D eigenvalue weighted by Gasteiger charge is -2.22. The lowest BCUT2D eigenvalue weighted by molar-refractivity contribution is -0.137. The Bertz CT molecular complexity index is 287. The van der Waals surface area contributed by atoms with Crippen molar-refractivity contribution in [3.63, 3.8) is 0 Å². The minimum absolute atomic E-state index is 0.0392. The normalized spacial score (nSPS) is 20.8. The highest BCUT2D eigenvalue weighted by Crippen LogP contribution is 2.15. The molecule has 0 aromatic rings. The Kier molecular flexibility index (Phi) is 7.48. The predicted molar refractivity (Wildman–Crippen MR) is 71.9 cm³/mol. The van der Waals surface area contributed by atoms with Gasteiger partial charge in [0.2, 0.25) is 5.91 Å². The maximum Gasteiger partial charge on any atom is 0.303 e. The average Bonchev–Trinajstić information content (AvgIpc) is 2.37. The van der Waals surface area contributed by atoms with Gasteiger partial charge in [-0.2, -0.15) is 0 Å². The summed E-state index contributed by atoms with van der Waals surface area (Å²) in [6.07, 6.45) is 5.43. The van der Waals surface area contributed by atoms with Gasteiger partial charge in [-0.1, -0.05) is 6.92 Å². The van der Waals surface area contributed by atoms with Crippen LogP contribution in [0.1, 0.15) is 51.9 Å². The van der Waals surface area contributed by atoms with E-state index in [1.54, 1.807) is 0 Å². The molecule has 0 aliphatic carbocycles. The van der Waals surface area contributed by atoms with E-state index in [-0.39, 0.29) is 18.4 Å². The molecule has 1 saturated heterocycles. The molecule has 1 aliphatic rings. The molecule has 5 nitrogen and oxygen atoms in total. The van der Waals surface area contributed by atoms with Crippen molar-refractivity contribution in [3.05, 3.63) is 0 Å². The molecule has 0 bridgehead atoms. The van der Waals surface area contributed by atoms with Crippen LogP contribution in [0.2, 0.25) is 0 Å². The van der Waals surface area contributed by atoms with E-state index in [1.807, 2.05) is 6.92 Å². The summed E-state index contributed by atoms with van der Waals surface area (Å²) in [4.78, 5) is 22.1. The van der Waals surface area contributed by atoms with Gasteiger partial charge >= 0.3 is 5.97 Å². The highest BCUT2D eigenvalue weighted by atomic mass is 16.5. The van der Waals surface area contributed by atoms with Crippen LogP contribution in [0.5, 0.6) is 0 Å². The quantitative estimate of drug-likeness (QED) is 0.707. The number of carboxylic acids is 1. The Morgan fingerprint density at radius 1 is 1.37 bits per heavy atom. The Morgan fingerprint density at radius 3 is 2.79 bits per heavy atom. The van der Waals surface area contributed by atoms with Gasteiger partial charge in [-0.15, -0.1) is 0 Å². The van der Waals surface area contributed by atoms with Crippen LogP contribution in [-0.4, -0.2) is 36.2 Å². The smallest absolute Gasteiger partial charge is 0.303 e. The first-order chi connectivity index (χ1) is 9.08. The first-order valence-electron chi connectivity index (χ1n) is 7.18. The molecule has 0 saturated carbocycles. The van der Waals surface area contributed by atoms with E-state index in [9.17, 15) is 9.59 Å². The minimum atomic E-state index is -0.759. The van der Waals surface area contributed by atoms with Gasteiger partial charge < -0.3 is 15.2 Å². The van der Waals surface area contributed by atoms with Crippen LogP contribution in [-0.2, 0) is 14.3 Å². The number of nitrogens with one attached hydrogen (secondary N) is 1. The molecule has 0 radical (unpaired) electrons. The third-order valence-corrected chi connectivity index (χ3v) is 3.50. The molecular weight excluding hydrogens is 246 g/mol. The molecule has 1 fully saturated rings. The van der Waals surface area contributed by atoms with E-state index >= 15 is 0 Å². The molecule has 1 heterocycles. The monoisotopic (exact) mass is 271 g/mol. The predicted octanol–water partition coefficient (Wildman–Crippen LogP) is 1.95. The van der Waals surface area contributed by atoms with Crippen LogP contribution < -0.4 is 5.32 Å². The van der Waals surface area contributed by atoms with Crippen molar-refractivity contribution in [3.8, 4) is 0 Å². The number of ether oxygens (including phenoxy) is 1. The second-order valence-corrected chi connectivity index (χ2v) is 5.37. The Morgan fingerprint density at radius 2 is 2.16 bits per heavy atom. The van der Waals surface area contributed by atoms with E-state index in [1.165, 1.54) is 0 Å². The molecule has 110 valence electrons. The number of carboxylic acid groups (broad SMARTS) is 1. The van der Waals surface area contributed by atoms with E-state index in [4.69, 9.17) is 9.84 Å². The largest absolute Gasteiger partial charge is 0.481 e. The van der Waals surface area contributed by atoms with Gasteiger partial charge in [0.05, 0.1) is 12.5 Å². The van der Waals surface area contributed by atoms with Gasteiger partial charge in [-0.25, -0.2) is 0 Å². The number of hydrogen-bond donors (Lipinski definition) is 2. The van der Waals surface area contributed by atoms with Crippen molar-refractivity contribution in [1.82, 2.24) is 5.32 Å². The van der Waals surface area contributed by atoms with Crippen molar-refractivity contribution in [2.24, 2.45) is 5.92 Å². The van der Waals surface area contributed by atoms with Crippen molar-refractivity contribution in [2.45, 2.75) is 58.0 Å². The molecule has 0 spiro atoms. The lowest BCUT2D eigenvalue weighted by Crippen LogP contribution is -2.31. The summed E-state index contributed by atoms with van der Waals surface area (Å²) in [6, 6.07) is 0. The number of aliphatic carboxylic acids is 1. The van der Waals surface area contributed by atoms with Gasteiger partial charge in [0, 0.05) is 19.6 Å². The number of amides is 1. The van der Waals surface area contributed by atoms with Gasteiger partial charge in [0.25, 0.3) is 0 Å². The fourth-order valence-electron chi connectivity index (χ4n) is 2.22. The molecule has 1 amide bonds. The highest BCUT2D eigenvalue weighted by Gasteiger charge is 2.17. The van der Waals surface area contributed by atoms with E-state index < -0.39 is 5.97 Å². The molecule has 1 aliphatic heterocycles. The third-order valence-electron chi connectivity index (χ3n) is 3.50. The number of rotatable bonds is 8. The van der Waals surface area contributed by atoms with Crippen molar-refractivity contribution in [1.29, 1.82) is 0 Å². The summed E-state index contributed by atoms with van der Waals surface area (Å²) in [5, 5.41) is 11.5. The van der Waals surface area contributed by atoms with Crippen LogP contribution in [0.15, 0.2) is 0 Å². The van der Waals surface area contributed by atoms with Crippen LogP contribution in [0.3, 0.4) is 0 Å². The summed E-state index contributed by atoms with van der Waals surface area (Å²) < 4.78 is 5.51. The van der Waals surface area contributed by atoms with E-state index in [0.29, 0.717) is 25.3 Å². The molecule has 2 unspecified atom stereocenters. The molecule has 2 N–H and O–H groups in total. The molecule has 0 aromatic heterocycles. The molecule has 2 atom stereocenters. The topological polar surface area (TPSA) is 75.6 Å². The zero-order chi connectivity index (χ0) is 14.1. The van der Waals surface area contributed by atoms with E-state index in [0.717, 1.165) is 32.3 Å². The zero-order valence-corrected chi connectivity index (χ0v) is 11.7. The Balaban J connectivity index is 2.04. The number of carbonyl (C=O) groups is 2. The fourth-order valence-corrected chi connectivity index (χ4v) is 2.22. The molecule has 19 heavy (non-hydrogen) atoms. The molecule has 5 heteroatoms. The van der Waals surface area contributed by atoms with Gasteiger partial charge in [-0.05, 0) is 38.0 Å². The first-order valence-corrected chi connectivity index (χ1v) is 7.18. The maximum atomic E-state index is 11.7. The fraction of sp³-hybridized carbons (Fsp3) is 0.857. The van der Waals surface area contributed by atoms with Crippen molar-refractivity contribution < 1.29 is 19.4 Å². The molecule has 1 rings (SSSR count). The lowest BCUT2D eigenvalue weighted by atomic mass is 10.0. The number of hydrogen-bond acceptors (Lipinski definition) is 3. The second-order valence-electron chi connectivity index (χ2n) is 5.37.